The second kappa shape index (κ2) is 10.3. The van der Waals surface area contributed by atoms with E-state index in [0.717, 1.165) is 89.3 Å². The first kappa shape index (κ1) is 25.5. The number of aliphatic hydroxyl groups is 1. The Morgan fingerprint density at radius 1 is 1.10 bits per heavy atom. The van der Waals surface area contributed by atoms with Crippen LogP contribution in [0.1, 0.15) is 23.2 Å². The van der Waals surface area contributed by atoms with Gasteiger partial charge in [-0.3, -0.25) is 14.3 Å². The normalized spacial score (nSPS) is 16.8. The highest BCUT2D eigenvalue weighted by Gasteiger charge is 2.27. The Hall–Kier alpha value is -4.19. The Labute approximate surface area is 245 Å². The number of nitrogens with zero attached hydrogens (tertiary/aromatic N) is 7. The van der Waals surface area contributed by atoms with Crippen LogP contribution in [0.2, 0.25) is 0 Å². The van der Waals surface area contributed by atoms with Gasteiger partial charge in [0, 0.05) is 47.3 Å². The summed E-state index contributed by atoms with van der Waals surface area (Å²) in [5, 5.41) is 24.9. The van der Waals surface area contributed by atoms with Gasteiger partial charge < -0.3 is 10.4 Å². The zero-order valence-corrected chi connectivity index (χ0v) is 23.7. The Morgan fingerprint density at radius 3 is 2.93 bits per heavy atom. The van der Waals surface area contributed by atoms with Crippen LogP contribution in [0.3, 0.4) is 0 Å². The summed E-state index contributed by atoms with van der Waals surface area (Å²) < 4.78 is 17.6. The van der Waals surface area contributed by atoms with Gasteiger partial charge in [-0.1, -0.05) is 12.1 Å². The molecule has 1 aliphatic heterocycles. The molecule has 0 radical (unpaired) electrons. The average molecular weight is 581 g/mol. The van der Waals surface area contributed by atoms with Gasteiger partial charge in [-0.15, -0.1) is 11.3 Å². The molecule has 0 spiro atoms. The van der Waals surface area contributed by atoms with Crippen LogP contribution in [0.5, 0.6) is 0 Å². The molecule has 1 fully saturated rings. The molecule has 11 heteroatoms. The Bertz CT molecular complexity index is 1940. The number of aromatic nitrogens is 6. The number of fused-ring (bicyclic) bond motifs is 6. The summed E-state index contributed by atoms with van der Waals surface area (Å²) in [7, 11) is 0. The molecule has 42 heavy (non-hydrogen) atoms. The van der Waals surface area contributed by atoms with Crippen LogP contribution in [0.15, 0.2) is 61.2 Å². The van der Waals surface area contributed by atoms with Crippen molar-refractivity contribution in [1.82, 2.24) is 34.4 Å². The lowest BCUT2D eigenvalue weighted by Gasteiger charge is -2.14. The smallest absolute Gasteiger partial charge is 0.142 e. The number of aliphatic hydroxyl groups excluding tert-OH is 1. The first-order valence-corrected chi connectivity index (χ1v) is 15.1. The molecule has 0 saturated carbocycles. The molecule has 2 aromatic carbocycles. The molecule has 8 rings (SSSR count). The van der Waals surface area contributed by atoms with Crippen LogP contribution >= 0.6 is 11.3 Å². The number of rotatable bonds is 7. The number of thiophene rings is 1. The fourth-order valence-electron chi connectivity index (χ4n) is 6.23. The molecule has 5 heterocycles. The van der Waals surface area contributed by atoms with Crippen LogP contribution in [0.25, 0.3) is 31.6 Å². The molecule has 4 aromatic heterocycles. The van der Waals surface area contributed by atoms with Crippen LogP contribution in [0, 0.1) is 5.82 Å². The highest BCUT2D eigenvalue weighted by molar-refractivity contribution is 7.22. The van der Waals surface area contributed by atoms with Crippen molar-refractivity contribution in [2.75, 3.05) is 25.0 Å². The second-order valence-electron chi connectivity index (χ2n) is 11.1. The van der Waals surface area contributed by atoms with Crippen molar-refractivity contribution in [2.24, 2.45) is 0 Å². The monoisotopic (exact) mass is 580 g/mol. The Balaban J connectivity index is 1.06. The van der Waals surface area contributed by atoms with Crippen LogP contribution < -0.4 is 5.32 Å². The highest BCUT2D eigenvalue weighted by Crippen LogP contribution is 2.45. The first-order chi connectivity index (χ1) is 20.6. The predicted octanol–water partition coefficient (Wildman–Crippen LogP) is 5.00. The minimum absolute atomic E-state index is 0.202. The third-order valence-electron chi connectivity index (χ3n) is 8.30. The van der Waals surface area contributed by atoms with Gasteiger partial charge in [0.1, 0.15) is 22.8 Å². The maximum Gasteiger partial charge on any atom is 0.142 e. The molecular weight excluding hydrogens is 551 g/mol. The lowest BCUT2D eigenvalue weighted by molar-refractivity contribution is 0.174. The lowest BCUT2D eigenvalue weighted by atomic mass is 9.95. The number of hydrogen-bond donors (Lipinski definition) is 2. The summed E-state index contributed by atoms with van der Waals surface area (Å²) in [6.45, 7) is 3.90. The van der Waals surface area contributed by atoms with Gasteiger partial charge in [0.15, 0.2) is 0 Å². The van der Waals surface area contributed by atoms with Gasteiger partial charge >= 0.3 is 0 Å². The highest BCUT2D eigenvalue weighted by atomic mass is 32.1. The number of benzene rings is 2. The molecule has 1 unspecified atom stereocenters. The topological polar surface area (TPSA) is 96.9 Å². The summed E-state index contributed by atoms with van der Waals surface area (Å²) in [6, 6.07) is 12.8. The van der Waals surface area contributed by atoms with E-state index in [-0.39, 0.29) is 11.9 Å². The predicted molar refractivity (Wildman–Crippen MR) is 162 cm³/mol. The maximum atomic E-state index is 13.7. The zero-order valence-electron chi connectivity index (χ0n) is 22.9. The fourth-order valence-corrected chi connectivity index (χ4v) is 7.45. The van der Waals surface area contributed by atoms with E-state index in [4.69, 9.17) is 5.10 Å². The molecule has 1 saturated heterocycles. The third-order valence-corrected chi connectivity index (χ3v) is 9.47. The van der Waals surface area contributed by atoms with Crippen molar-refractivity contribution in [3.05, 3.63) is 83.8 Å². The largest absolute Gasteiger partial charge is 0.392 e. The number of anilines is 2. The minimum atomic E-state index is -0.244. The minimum Gasteiger partial charge on any atom is -0.392 e. The van der Waals surface area contributed by atoms with Crippen molar-refractivity contribution in [1.29, 1.82) is 0 Å². The van der Waals surface area contributed by atoms with Gasteiger partial charge in [0.05, 0.1) is 42.0 Å². The van der Waals surface area contributed by atoms with Crippen LogP contribution in [-0.2, 0) is 25.9 Å². The van der Waals surface area contributed by atoms with Crippen LogP contribution in [0.4, 0.5) is 15.9 Å². The molecule has 212 valence electrons. The van der Waals surface area contributed by atoms with Crippen molar-refractivity contribution < 1.29 is 9.50 Å². The summed E-state index contributed by atoms with van der Waals surface area (Å²) in [5.74, 6) is 0.554. The van der Waals surface area contributed by atoms with E-state index in [2.05, 4.69) is 42.2 Å². The number of aryl methyl sites for hydroxylation is 2. The molecule has 6 aromatic rings. The average Bonchev–Trinajstić information content (AvgIpc) is 3.77. The summed E-state index contributed by atoms with van der Waals surface area (Å²) >= 11 is 1.70. The molecule has 1 atom stereocenters. The van der Waals surface area contributed by atoms with E-state index in [9.17, 15) is 9.50 Å². The summed E-state index contributed by atoms with van der Waals surface area (Å²) in [5.41, 5.74) is 6.38. The van der Waals surface area contributed by atoms with E-state index >= 15 is 0 Å². The Kier molecular flexibility index (Phi) is 6.24. The third kappa shape index (κ3) is 4.63. The number of β-amino-alcohol motifs (C(OH)–C–C–N with tert-alkyl or cyclic N) is 1. The number of nitrogens with one attached hydrogen (secondary N) is 1. The van der Waals surface area contributed by atoms with Gasteiger partial charge in [0.2, 0.25) is 0 Å². The number of halogens is 1. The molecular formula is C31H29FN8OS. The number of hydrogen-bond acceptors (Lipinski definition) is 8. The molecule has 0 bridgehead atoms. The van der Waals surface area contributed by atoms with Crippen LogP contribution in [-0.4, -0.2) is 65.3 Å². The van der Waals surface area contributed by atoms with Crippen molar-refractivity contribution in [3.63, 3.8) is 0 Å². The van der Waals surface area contributed by atoms with E-state index < -0.39 is 0 Å². The summed E-state index contributed by atoms with van der Waals surface area (Å²) in [4.78, 5) is 13.8. The number of likely N-dealkylation sites (tertiary alicyclic amines) is 1. The molecule has 1 aliphatic carbocycles. The first-order valence-electron chi connectivity index (χ1n) is 14.3. The fraction of sp³-hybridized carbons (Fsp3) is 0.290. The maximum absolute atomic E-state index is 13.7. The summed E-state index contributed by atoms with van der Waals surface area (Å²) in [6.07, 6.45) is 8.06. The molecule has 2 N–H and O–H groups in total. The van der Waals surface area contributed by atoms with Gasteiger partial charge in [0.25, 0.3) is 0 Å². The molecule has 0 amide bonds. The standard InChI is InChI=1S/C31H29FN8OS/c32-21-3-1-2-19(12-21)15-40-27-7-4-22(13-20(27)14-35-40)36-30-28-24-5-6-26-25(29(24)42-31(28)34-18-33-30)17-39(37-26)11-10-38-9-8-23(41)16-38/h1-4,7,12-14,17-18,23,41H,5-6,8-11,15-16H2,(H,33,34,36). The Morgan fingerprint density at radius 2 is 2.05 bits per heavy atom. The lowest BCUT2D eigenvalue weighted by Crippen LogP contribution is -2.26. The van der Waals surface area contributed by atoms with E-state index in [0.29, 0.717) is 6.54 Å². The van der Waals surface area contributed by atoms with Crippen molar-refractivity contribution in [2.45, 2.75) is 38.5 Å². The quantitative estimate of drug-likeness (QED) is 0.274. The molecule has 2 aliphatic rings. The second-order valence-corrected chi connectivity index (χ2v) is 12.1. The van der Waals surface area contributed by atoms with Gasteiger partial charge in [-0.2, -0.15) is 10.2 Å². The van der Waals surface area contributed by atoms with E-state index in [1.54, 1.807) is 29.8 Å². The molecule has 9 nitrogen and oxygen atoms in total. The SMILES string of the molecule is OC1CCN(CCn2cc3c(n2)CCc2c-3sc3ncnc(Nc4ccc5c(cnn5Cc5cccc(F)c5)c4)c23)C1. The van der Waals surface area contributed by atoms with E-state index in [1.165, 1.54) is 22.1 Å². The van der Waals surface area contributed by atoms with Crippen molar-refractivity contribution >= 4 is 44.0 Å². The van der Waals surface area contributed by atoms with Crippen molar-refractivity contribution in [3.8, 4) is 10.4 Å². The van der Waals surface area contributed by atoms with E-state index in [1.807, 2.05) is 29.1 Å². The zero-order chi connectivity index (χ0) is 28.2. The van der Waals surface area contributed by atoms with Gasteiger partial charge in [-0.25, -0.2) is 14.4 Å². The van der Waals surface area contributed by atoms with Gasteiger partial charge in [-0.05, 0) is 60.7 Å².